The Bertz CT molecular complexity index is 247. The maximum atomic E-state index is 8.77. The quantitative estimate of drug-likeness (QED) is 0.690. The van der Waals surface area contributed by atoms with Crippen molar-refractivity contribution in [3.63, 3.8) is 0 Å². The van der Waals surface area contributed by atoms with Crippen LogP contribution >= 0.6 is 0 Å². The number of aliphatic hydroxyl groups excluding tert-OH is 1. The van der Waals surface area contributed by atoms with Crippen LogP contribution in [-0.4, -0.2) is 17.8 Å². The molecular weight excluding hydrogens is 150 g/mol. The number of hydrogen-bond donors (Lipinski definition) is 2. The van der Waals surface area contributed by atoms with Crippen LogP contribution in [0.4, 0.5) is 5.69 Å². The van der Waals surface area contributed by atoms with E-state index in [4.69, 9.17) is 5.11 Å². The zero-order valence-corrected chi connectivity index (χ0v) is 6.96. The molecule has 1 aromatic carbocycles. The van der Waals surface area contributed by atoms with Gasteiger partial charge in [0.2, 0.25) is 0 Å². The highest BCUT2D eigenvalue weighted by atomic mass is 16.3. The lowest BCUT2D eigenvalue weighted by Gasteiger charge is -2.07. The molecule has 0 saturated heterocycles. The van der Waals surface area contributed by atoms with Crippen molar-refractivity contribution in [3.8, 4) is 0 Å². The number of para-hydroxylation sites is 1. The molecule has 1 atom stereocenters. The number of nitrogens with one attached hydrogen (secondary N) is 1. The standard InChI is InChI=1S/C10H13NO/c12-6-5-9-7-8-3-1-2-4-10(8)11-9/h1-4,9,11-12H,5-7H2. The number of anilines is 1. The molecule has 0 bridgehead atoms. The molecule has 0 aromatic heterocycles. The van der Waals surface area contributed by atoms with Gasteiger partial charge in [0.25, 0.3) is 0 Å². The number of fused-ring (bicyclic) bond motifs is 1. The minimum atomic E-state index is 0.269. The fourth-order valence-corrected chi connectivity index (χ4v) is 1.71. The van der Waals surface area contributed by atoms with Crippen LogP contribution in [0.15, 0.2) is 24.3 Å². The van der Waals surface area contributed by atoms with E-state index in [9.17, 15) is 0 Å². The molecule has 0 fully saturated rings. The van der Waals surface area contributed by atoms with Crippen molar-refractivity contribution in [3.05, 3.63) is 29.8 Å². The summed E-state index contributed by atoms with van der Waals surface area (Å²) in [7, 11) is 0. The molecule has 64 valence electrons. The Balaban J connectivity index is 2.11. The van der Waals surface area contributed by atoms with E-state index in [0.717, 1.165) is 12.8 Å². The van der Waals surface area contributed by atoms with Gasteiger partial charge in [0.05, 0.1) is 0 Å². The van der Waals surface area contributed by atoms with Gasteiger partial charge in [0, 0.05) is 18.3 Å². The van der Waals surface area contributed by atoms with Crippen LogP contribution in [-0.2, 0) is 6.42 Å². The van der Waals surface area contributed by atoms with E-state index in [1.54, 1.807) is 0 Å². The van der Waals surface area contributed by atoms with Gasteiger partial charge in [-0.2, -0.15) is 0 Å². The molecule has 1 heterocycles. The molecule has 1 unspecified atom stereocenters. The van der Waals surface area contributed by atoms with Gasteiger partial charge in [-0.25, -0.2) is 0 Å². The first kappa shape index (κ1) is 7.62. The second kappa shape index (κ2) is 3.15. The second-order valence-corrected chi connectivity index (χ2v) is 3.21. The minimum Gasteiger partial charge on any atom is -0.396 e. The van der Waals surface area contributed by atoms with E-state index >= 15 is 0 Å². The summed E-state index contributed by atoms with van der Waals surface area (Å²) in [6, 6.07) is 8.76. The van der Waals surface area contributed by atoms with Gasteiger partial charge in [-0.3, -0.25) is 0 Å². The summed E-state index contributed by atoms with van der Waals surface area (Å²) in [4.78, 5) is 0. The highest BCUT2D eigenvalue weighted by Crippen LogP contribution is 2.25. The smallest absolute Gasteiger partial charge is 0.0450 e. The molecule has 0 amide bonds. The first-order valence-corrected chi connectivity index (χ1v) is 4.35. The van der Waals surface area contributed by atoms with Crippen LogP contribution in [0.3, 0.4) is 0 Å². The van der Waals surface area contributed by atoms with Gasteiger partial charge in [-0.15, -0.1) is 0 Å². The van der Waals surface area contributed by atoms with E-state index < -0.39 is 0 Å². The predicted molar refractivity (Wildman–Crippen MR) is 49.3 cm³/mol. The van der Waals surface area contributed by atoms with Crippen LogP contribution < -0.4 is 5.32 Å². The molecule has 2 rings (SSSR count). The third-order valence-electron chi connectivity index (χ3n) is 2.32. The third kappa shape index (κ3) is 1.30. The molecule has 2 N–H and O–H groups in total. The average molecular weight is 163 g/mol. The van der Waals surface area contributed by atoms with E-state index in [0.29, 0.717) is 6.04 Å². The van der Waals surface area contributed by atoms with E-state index in [1.807, 2.05) is 6.07 Å². The Morgan fingerprint density at radius 1 is 1.42 bits per heavy atom. The normalized spacial score (nSPS) is 20.2. The van der Waals surface area contributed by atoms with Gasteiger partial charge in [-0.05, 0) is 24.5 Å². The molecule has 1 aliphatic rings. The molecule has 0 radical (unpaired) electrons. The van der Waals surface area contributed by atoms with Crippen molar-refractivity contribution in [2.24, 2.45) is 0 Å². The summed E-state index contributed by atoms with van der Waals surface area (Å²) < 4.78 is 0. The molecule has 1 aliphatic heterocycles. The average Bonchev–Trinajstić information content (AvgIpc) is 2.47. The topological polar surface area (TPSA) is 32.3 Å². The van der Waals surface area contributed by atoms with Crippen LogP contribution in [0.25, 0.3) is 0 Å². The summed E-state index contributed by atoms with van der Waals surface area (Å²) in [5.41, 5.74) is 2.60. The molecule has 0 aliphatic carbocycles. The Morgan fingerprint density at radius 2 is 2.25 bits per heavy atom. The minimum absolute atomic E-state index is 0.269. The lowest BCUT2D eigenvalue weighted by atomic mass is 10.1. The number of aliphatic hydroxyl groups is 1. The number of rotatable bonds is 2. The Morgan fingerprint density at radius 3 is 3.00 bits per heavy atom. The fraction of sp³-hybridized carbons (Fsp3) is 0.400. The zero-order valence-electron chi connectivity index (χ0n) is 6.96. The molecule has 1 aromatic rings. The van der Waals surface area contributed by atoms with Crippen LogP contribution in [0, 0.1) is 0 Å². The van der Waals surface area contributed by atoms with Gasteiger partial charge in [-0.1, -0.05) is 18.2 Å². The van der Waals surface area contributed by atoms with Crippen molar-refractivity contribution >= 4 is 5.69 Å². The maximum Gasteiger partial charge on any atom is 0.0450 e. The van der Waals surface area contributed by atoms with Gasteiger partial charge in [0.1, 0.15) is 0 Å². The van der Waals surface area contributed by atoms with E-state index in [-0.39, 0.29) is 6.61 Å². The van der Waals surface area contributed by atoms with E-state index in [2.05, 4.69) is 23.5 Å². The highest BCUT2D eigenvalue weighted by molar-refractivity contribution is 5.56. The first-order valence-electron chi connectivity index (χ1n) is 4.35. The number of benzene rings is 1. The molecule has 0 spiro atoms. The predicted octanol–water partition coefficient (Wildman–Crippen LogP) is 1.41. The SMILES string of the molecule is OCCC1Cc2ccccc2N1. The summed E-state index contributed by atoms with van der Waals surface area (Å²) in [6.45, 7) is 0.269. The van der Waals surface area contributed by atoms with E-state index in [1.165, 1.54) is 11.3 Å². The van der Waals surface area contributed by atoms with Crippen molar-refractivity contribution in [2.45, 2.75) is 18.9 Å². The van der Waals surface area contributed by atoms with Crippen LogP contribution in [0.2, 0.25) is 0 Å². The summed E-state index contributed by atoms with van der Waals surface area (Å²) in [6.07, 6.45) is 1.89. The van der Waals surface area contributed by atoms with Crippen molar-refractivity contribution in [1.29, 1.82) is 0 Å². The summed E-state index contributed by atoms with van der Waals surface area (Å²) in [5, 5.41) is 12.1. The maximum absolute atomic E-state index is 8.77. The Kier molecular flexibility index (Phi) is 2.00. The molecule has 2 heteroatoms. The zero-order chi connectivity index (χ0) is 8.39. The summed E-state index contributed by atoms with van der Waals surface area (Å²) in [5.74, 6) is 0. The van der Waals surface area contributed by atoms with Crippen LogP contribution in [0.5, 0.6) is 0 Å². The largest absolute Gasteiger partial charge is 0.396 e. The van der Waals surface area contributed by atoms with Crippen molar-refractivity contribution in [2.75, 3.05) is 11.9 Å². The first-order chi connectivity index (χ1) is 5.90. The van der Waals surface area contributed by atoms with Gasteiger partial charge < -0.3 is 10.4 Å². The lowest BCUT2D eigenvalue weighted by Crippen LogP contribution is -2.16. The molecule has 0 saturated carbocycles. The molecule has 12 heavy (non-hydrogen) atoms. The molecule has 2 nitrogen and oxygen atoms in total. The van der Waals surface area contributed by atoms with Gasteiger partial charge in [0.15, 0.2) is 0 Å². The monoisotopic (exact) mass is 163 g/mol. The Hall–Kier alpha value is -1.02. The second-order valence-electron chi connectivity index (χ2n) is 3.21. The third-order valence-corrected chi connectivity index (χ3v) is 2.32. The van der Waals surface area contributed by atoms with Crippen molar-refractivity contribution < 1.29 is 5.11 Å². The fourth-order valence-electron chi connectivity index (χ4n) is 1.71. The highest BCUT2D eigenvalue weighted by Gasteiger charge is 2.18. The summed E-state index contributed by atoms with van der Waals surface area (Å²) >= 11 is 0. The Labute approximate surface area is 72.2 Å². The number of hydrogen-bond acceptors (Lipinski definition) is 2. The molecular formula is C10H13NO. The van der Waals surface area contributed by atoms with Crippen molar-refractivity contribution in [1.82, 2.24) is 0 Å². The van der Waals surface area contributed by atoms with Crippen LogP contribution in [0.1, 0.15) is 12.0 Å². The lowest BCUT2D eigenvalue weighted by molar-refractivity contribution is 0.280. The van der Waals surface area contributed by atoms with Gasteiger partial charge >= 0.3 is 0 Å².